The van der Waals surface area contributed by atoms with Crippen molar-refractivity contribution < 1.29 is 0 Å². The molecule has 2 N–H and O–H groups in total. The minimum absolute atomic E-state index is 0.536. The van der Waals surface area contributed by atoms with Crippen molar-refractivity contribution in [1.82, 2.24) is 0 Å². The lowest BCUT2D eigenvalue weighted by atomic mass is 9.92. The largest absolute Gasteiger partial charge is 0.385 e. The summed E-state index contributed by atoms with van der Waals surface area (Å²) in [5.74, 6) is 2.29. The second-order valence-electron chi connectivity index (χ2n) is 12.9. The first-order valence-electron chi connectivity index (χ1n) is 16.0. The third-order valence-electron chi connectivity index (χ3n) is 7.58. The number of aryl methyl sites for hydroxylation is 1. The molecule has 0 aliphatic heterocycles. The monoisotopic (exact) mass is 520 g/mol. The van der Waals surface area contributed by atoms with Crippen LogP contribution in [0.25, 0.3) is 0 Å². The summed E-state index contributed by atoms with van der Waals surface area (Å²) in [6.45, 7) is 15.0. The average molecular weight is 521 g/mol. The van der Waals surface area contributed by atoms with Gasteiger partial charge in [-0.1, -0.05) is 104 Å². The fourth-order valence-electron chi connectivity index (χ4n) is 5.79. The minimum Gasteiger partial charge on any atom is -0.385 e. The predicted octanol–water partition coefficient (Wildman–Crippen LogP) is 10.9. The van der Waals surface area contributed by atoms with Gasteiger partial charge in [-0.05, 0) is 98.6 Å². The molecule has 2 rings (SSSR count). The summed E-state index contributed by atoms with van der Waals surface area (Å²) in [6.07, 6.45) is 17.2. The van der Waals surface area contributed by atoms with Gasteiger partial charge in [-0.3, -0.25) is 0 Å². The van der Waals surface area contributed by atoms with Crippen LogP contribution in [0.4, 0.5) is 11.4 Å². The first-order chi connectivity index (χ1) is 18.3. The topological polar surface area (TPSA) is 24.1 Å². The number of nitrogens with one attached hydrogen (secondary N) is 2. The molecule has 2 nitrogen and oxygen atoms in total. The van der Waals surface area contributed by atoms with Gasteiger partial charge in [-0.2, -0.15) is 0 Å². The molecular formula is C36H60N2. The Labute approximate surface area is 236 Å². The molecule has 2 aromatic carbocycles. The van der Waals surface area contributed by atoms with E-state index >= 15 is 0 Å². The number of benzene rings is 2. The van der Waals surface area contributed by atoms with Gasteiger partial charge in [0.25, 0.3) is 0 Å². The van der Waals surface area contributed by atoms with Crippen LogP contribution in [0.2, 0.25) is 0 Å². The van der Waals surface area contributed by atoms with Gasteiger partial charge in [-0.25, -0.2) is 0 Å². The van der Waals surface area contributed by atoms with Gasteiger partial charge in [0.1, 0.15) is 0 Å². The maximum atomic E-state index is 3.63. The smallest absolute Gasteiger partial charge is 0.0342 e. The Morgan fingerprint density at radius 2 is 1.03 bits per heavy atom. The van der Waals surface area contributed by atoms with E-state index in [9.17, 15) is 0 Å². The Balaban J connectivity index is 1.41. The van der Waals surface area contributed by atoms with Crippen LogP contribution in [0.1, 0.15) is 123 Å². The van der Waals surface area contributed by atoms with E-state index in [1.165, 1.54) is 106 Å². The highest BCUT2D eigenvalue weighted by atomic mass is 14.9. The minimum atomic E-state index is 0.536. The van der Waals surface area contributed by atoms with Gasteiger partial charge < -0.3 is 10.6 Å². The number of hydrogen-bond acceptors (Lipinski definition) is 2. The molecule has 38 heavy (non-hydrogen) atoms. The van der Waals surface area contributed by atoms with Crippen LogP contribution in [0.5, 0.6) is 0 Å². The van der Waals surface area contributed by atoms with E-state index in [1.807, 2.05) is 0 Å². The van der Waals surface area contributed by atoms with Gasteiger partial charge in [0.05, 0.1) is 0 Å². The lowest BCUT2D eigenvalue weighted by Gasteiger charge is -2.17. The zero-order valence-electron chi connectivity index (χ0n) is 25.8. The van der Waals surface area contributed by atoms with Crippen LogP contribution in [0, 0.1) is 17.8 Å². The molecule has 0 aliphatic carbocycles. The lowest BCUT2D eigenvalue weighted by molar-refractivity contribution is 0.437. The van der Waals surface area contributed by atoms with Crippen molar-refractivity contribution in [2.24, 2.45) is 17.8 Å². The highest BCUT2D eigenvalue weighted by Gasteiger charge is 2.07. The van der Waals surface area contributed by atoms with Crippen molar-refractivity contribution in [1.29, 1.82) is 0 Å². The van der Waals surface area contributed by atoms with Gasteiger partial charge in [-0.15, -0.1) is 0 Å². The molecule has 214 valence electrons. The molecule has 0 heterocycles. The molecule has 2 heteroatoms. The van der Waals surface area contributed by atoms with Gasteiger partial charge in [0.15, 0.2) is 0 Å². The van der Waals surface area contributed by atoms with Gasteiger partial charge >= 0.3 is 0 Å². The number of anilines is 2. The second kappa shape index (κ2) is 19.2. The van der Waals surface area contributed by atoms with Crippen LogP contribution in [-0.2, 0) is 12.8 Å². The Kier molecular flexibility index (Phi) is 16.3. The Hall–Kier alpha value is -1.96. The van der Waals surface area contributed by atoms with Crippen molar-refractivity contribution in [3.8, 4) is 0 Å². The normalized spacial score (nSPS) is 13.2. The number of rotatable bonds is 21. The second-order valence-corrected chi connectivity index (χ2v) is 12.9. The van der Waals surface area contributed by atoms with Gasteiger partial charge in [0.2, 0.25) is 0 Å². The molecule has 0 radical (unpaired) electrons. The van der Waals surface area contributed by atoms with Crippen LogP contribution in [-0.4, -0.2) is 12.6 Å². The van der Waals surface area contributed by atoms with Crippen molar-refractivity contribution in [2.75, 3.05) is 17.2 Å². The predicted molar refractivity (Wildman–Crippen MR) is 171 cm³/mol. The van der Waals surface area contributed by atoms with E-state index in [1.54, 1.807) is 0 Å². The Morgan fingerprint density at radius 1 is 0.526 bits per heavy atom. The summed E-state index contributed by atoms with van der Waals surface area (Å²) in [6, 6.07) is 18.8. The van der Waals surface area contributed by atoms with Crippen molar-refractivity contribution in [3.63, 3.8) is 0 Å². The molecule has 0 aromatic heterocycles. The van der Waals surface area contributed by atoms with Crippen molar-refractivity contribution >= 4 is 11.4 Å². The molecule has 0 spiro atoms. The maximum Gasteiger partial charge on any atom is 0.0342 e. The van der Waals surface area contributed by atoms with Crippen molar-refractivity contribution in [3.05, 3.63) is 59.7 Å². The van der Waals surface area contributed by atoms with E-state index in [2.05, 4.69) is 101 Å². The molecule has 0 fully saturated rings. The van der Waals surface area contributed by atoms with E-state index in [-0.39, 0.29) is 0 Å². The molecule has 0 aliphatic rings. The average Bonchev–Trinajstić information content (AvgIpc) is 2.85. The first kappa shape index (κ1) is 32.3. The van der Waals surface area contributed by atoms with E-state index in [4.69, 9.17) is 0 Å². The quantitative estimate of drug-likeness (QED) is 0.160. The molecular weight excluding hydrogens is 460 g/mol. The molecule has 2 unspecified atom stereocenters. The summed E-state index contributed by atoms with van der Waals surface area (Å²) >= 11 is 0. The highest BCUT2D eigenvalue weighted by molar-refractivity contribution is 5.45. The van der Waals surface area contributed by atoms with Crippen LogP contribution < -0.4 is 10.6 Å². The zero-order valence-corrected chi connectivity index (χ0v) is 25.8. The van der Waals surface area contributed by atoms with Crippen LogP contribution in [0.3, 0.4) is 0 Å². The van der Waals surface area contributed by atoms with Crippen LogP contribution in [0.15, 0.2) is 48.5 Å². The summed E-state index contributed by atoms with van der Waals surface area (Å²) in [5, 5.41) is 7.24. The highest BCUT2D eigenvalue weighted by Crippen LogP contribution is 2.19. The molecule has 0 saturated heterocycles. The fourth-order valence-corrected chi connectivity index (χ4v) is 5.79. The van der Waals surface area contributed by atoms with Crippen LogP contribution >= 0.6 is 0 Å². The fraction of sp³-hybridized carbons (Fsp3) is 0.667. The SMILES string of the molecule is CC(C)CC(C)Cc1ccc(NCCCCCCCCCCCc2ccc(NC(C)CC(C)C)cc2)cc1. The third kappa shape index (κ3) is 15.5. The third-order valence-corrected chi connectivity index (χ3v) is 7.58. The summed E-state index contributed by atoms with van der Waals surface area (Å²) in [4.78, 5) is 0. The number of hydrogen-bond donors (Lipinski definition) is 2. The molecule has 0 bridgehead atoms. The maximum absolute atomic E-state index is 3.63. The van der Waals surface area contributed by atoms with Crippen molar-refractivity contribution in [2.45, 2.75) is 131 Å². The van der Waals surface area contributed by atoms with Gasteiger partial charge in [0, 0.05) is 24.0 Å². The Morgan fingerprint density at radius 3 is 1.61 bits per heavy atom. The van der Waals surface area contributed by atoms with E-state index in [0.717, 1.165) is 24.3 Å². The molecule has 2 aromatic rings. The standard InChI is InChI=1S/C36H60N2/c1-29(2)26-31(5)28-34-19-21-35(22-20-34)37-25-15-13-11-9-7-8-10-12-14-16-33-17-23-36(24-18-33)38-32(6)27-30(3)4/h17-24,29-32,37-38H,7-16,25-28H2,1-6H3. The summed E-state index contributed by atoms with van der Waals surface area (Å²) < 4.78 is 0. The molecule has 0 amide bonds. The van der Waals surface area contributed by atoms with E-state index < -0.39 is 0 Å². The number of unbranched alkanes of at least 4 members (excludes halogenated alkanes) is 8. The molecule has 2 atom stereocenters. The lowest BCUT2D eigenvalue weighted by Crippen LogP contribution is -2.17. The summed E-state index contributed by atoms with van der Waals surface area (Å²) in [7, 11) is 0. The zero-order chi connectivity index (χ0) is 27.6. The van der Waals surface area contributed by atoms with E-state index in [0.29, 0.717) is 6.04 Å². The summed E-state index contributed by atoms with van der Waals surface area (Å²) in [5.41, 5.74) is 5.48. The Bertz CT molecular complexity index is 750. The first-order valence-corrected chi connectivity index (χ1v) is 16.0. The molecule has 0 saturated carbocycles.